The van der Waals surface area contributed by atoms with Crippen LogP contribution < -0.4 is 11.1 Å². The number of nitrogen functional groups attached to an aromatic ring is 1. The highest BCUT2D eigenvalue weighted by atomic mass is 16.5. The molecule has 1 aromatic heterocycles. The number of hydrogen-bond acceptors (Lipinski definition) is 6. The van der Waals surface area contributed by atoms with Crippen LogP contribution in [0.3, 0.4) is 0 Å². The van der Waals surface area contributed by atoms with Gasteiger partial charge >= 0.3 is 0 Å². The Balaban J connectivity index is 1.82. The van der Waals surface area contributed by atoms with Gasteiger partial charge in [0.1, 0.15) is 5.69 Å². The minimum Gasteiger partial charge on any atom is -0.374 e. The van der Waals surface area contributed by atoms with Gasteiger partial charge in [-0.05, 0) is 38.2 Å². The number of carbonyl (C=O) groups excluding carboxylic acids is 2. The Morgan fingerprint density at radius 1 is 1.37 bits per heavy atom. The van der Waals surface area contributed by atoms with E-state index >= 15 is 0 Å². The van der Waals surface area contributed by atoms with Crippen molar-refractivity contribution in [3.8, 4) is 0 Å². The third-order valence-corrected chi connectivity index (χ3v) is 5.38. The van der Waals surface area contributed by atoms with Crippen LogP contribution in [0.1, 0.15) is 62.1 Å². The number of morpholine rings is 1. The van der Waals surface area contributed by atoms with Crippen molar-refractivity contribution in [2.24, 2.45) is 5.92 Å². The molecule has 1 aliphatic carbocycles. The summed E-state index contributed by atoms with van der Waals surface area (Å²) in [6, 6.07) is 1.60. The minimum absolute atomic E-state index is 0.0304. The van der Waals surface area contributed by atoms with Crippen molar-refractivity contribution in [2.45, 2.75) is 58.1 Å². The van der Waals surface area contributed by atoms with Gasteiger partial charge in [0.25, 0.3) is 5.91 Å². The molecule has 3 rings (SSSR count). The first-order valence-corrected chi connectivity index (χ1v) is 9.75. The van der Waals surface area contributed by atoms with Crippen LogP contribution in [0, 0.1) is 5.92 Å². The summed E-state index contributed by atoms with van der Waals surface area (Å²) in [5, 5.41) is 2.89. The van der Waals surface area contributed by atoms with Crippen LogP contribution in [0.25, 0.3) is 0 Å². The zero-order valence-electron chi connectivity index (χ0n) is 16.3. The molecule has 1 saturated heterocycles. The van der Waals surface area contributed by atoms with Gasteiger partial charge in [0, 0.05) is 24.7 Å². The monoisotopic (exact) mass is 375 g/mol. The Kier molecular flexibility index (Phi) is 5.94. The molecule has 2 amide bonds. The van der Waals surface area contributed by atoms with Crippen LogP contribution in [-0.4, -0.2) is 58.5 Å². The van der Waals surface area contributed by atoms with E-state index in [1.807, 2.05) is 25.7 Å². The lowest BCUT2D eigenvalue weighted by atomic mass is 9.81. The van der Waals surface area contributed by atoms with Crippen LogP contribution in [0.2, 0.25) is 0 Å². The lowest BCUT2D eigenvalue weighted by molar-refractivity contribution is -0.131. The number of nitrogens with two attached hydrogens (primary N) is 1. The highest BCUT2D eigenvalue weighted by molar-refractivity contribution is 5.93. The third kappa shape index (κ3) is 4.21. The number of ether oxygens (including phenoxy) is 1. The molecule has 2 fully saturated rings. The second-order valence-corrected chi connectivity index (χ2v) is 7.57. The van der Waals surface area contributed by atoms with Gasteiger partial charge in [-0.2, -0.15) is 0 Å². The summed E-state index contributed by atoms with van der Waals surface area (Å²) in [6.45, 7) is 7.51. The molecule has 0 unspecified atom stereocenters. The van der Waals surface area contributed by atoms with Crippen LogP contribution in [-0.2, 0) is 9.53 Å². The van der Waals surface area contributed by atoms with E-state index in [0.717, 1.165) is 18.5 Å². The van der Waals surface area contributed by atoms with Gasteiger partial charge < -0.3 is 20.7 Å². The molecule has 1 saturated carbocycles. The highest BCUT2D eigenvalue weighted by Gasteiger charge is 2.42. The molecule has 2 aliphatic rings. The maximum Gasteiger partial charge on any atom is 0.273 e. The molecule has 8 nitrogen and oxygen atoms in total. The predicted molar refractivity (Wildman–Crippen MR) is 101 cm³/mol. The molecule has 2 heterocycles. The van der Waals surface area contributed by atoms with E-state index in [9.17, 15) is 9.59 Å². The zero-order valence-corrected chi connectivity index (χ0v) is 16.3. The molecular formula is C19H29N5O3. The number of amides is 2. The van der Waals surface area contributed by atoms with Gasteiger partial charge in [-0.3, -0.25) is 9.59 Å². The summed E-state index contributed by atoms with van der Waals surface area (Å²) in [7, 11) is 0. The van der Waals surface area contributed by atoms with E-state index in [2.05, 4.69) is 15.3 Å². The first kappa shape index (κ1) is 19.5. The van der Waals surface area contributed by atoms with E-state index in [4.69, 9.17) is 10.5 Å². The second kappa shape index (κ2) is 8.21. The van der Waals surface area contributed by atoms with Crippen LogP contribution in [0.4, 0.5) is 5.95 Å². The summed E-state index contributed by atoms with van der Waals surface area (Å²) < 4.78 is 5.89. The number of aromatic nitrogens is 2. The zero-order chi connectivity index (χ0) is 19.6. The highest BCUT2D eigenvalue weighted by Crippen LogP contribution is 2.33. The van der Waals surface area contributed by atoms with Crippen LogP contribution in [0.15, 0.2) is 6.07 Å². The van der Waals surface area contributed by atoms with Crippen LogP contribution in [0.5, 0.6) is 0 Å². The molecule has 0 bridgehead atoms. The lowest BCUT2D eigenvalue weighted by Crippen LogP contribution is -2.57. The average Bonchev–Trinajstić information content (AvgIpc) is 2.66. The van der Waals surface area contributed by atoms with Crippen molar-refractivity contribution >= 4 is 17.8 Å². The molecular weight excluding hydrogens is 346 g/mol. The molecule has 1 aromatic rings. The van der Waals surface area contributed by atoms with Gasteiger partial charge in [0.15, 0.2) is 0 Å². The van der Waals surface area contributed by atoms with E-state index < -0.39 is 0 Å². The standard InChI is InChI=1S/C19H29N5O3/c1-4-21-17(25)12-5-6-16-15(9-12)24(7-8-27-16)18(26)14-10-13(11(2)3)22-19(20)23-14/h10-12,15-16H,4-9H2,1-3H3,(H,21,25)(H2,20,22,23)/t12-,15+,16+/m0/s1. The molecule has 0 radical (unpaired) electrons. The summed E-state index contributed by atoms with van der Waals surface area (Å²) in [4.78, 5) is 35.7. The largest absolute Gasteiger partial charge is 0.374 e. The summed E-state index contributed by atoms with van der Waals surface area (Å²) in [5.74, 6) is 0.0577. The molecule has 8 heteroatoms. The molecule has 3 atom stereocenters. The average molecular weight is 375 g/mol. The summed E-state index contributed by atoms with van der Waals surface area (Å²) in [6.07, 6.45) is 2.14. The topological polar surface area (TPSA) is 110 Å². The van der Waals surface area contributed by atoms with Gasteiger partial charge in [-0.25, -0.2) is 9.97 Å². The Morgan fingerprint density at radius 2 is 2.15 bits per heavy atom. The van der Waals surface area contributed by atoms with E-state index in [1.165, 1.54) is 0 Å². The summed E-state index contributed by atoms with van der Waals surface area (Å²) >= 11 is 0. The molecule has 0 spiro atoms. The van der Waals surface area contributed by atoms with E-state index in [0.29, 0.717) is 31.8 Å². The molecule has 27 heavy (non-hydrogen) atoms. The maximum atomic E-state index is 13.2. The Labute approximate surface area is 159 Å². The second-order valence-electron chi connectivity index (χ2n) is 7.57. The minimum atomic E-state index is -0.166. The summed E-state index contributed by atoms with van der Waals surface area (Å²) in [5.41, 5.74) is 6.88. The van der Waals surface area contributed by atoms with Gasteiger partial charge in [0.2, 0.25) is 11.9 Å². The quantitative estimate of drug-likeness (QED) is 0.821. The smallest absolute Gasteiger partial charge is 0.273 e. The first-order valence-electron chi connectivity index (χ1n) is 9.75. The number of carbonyl (C=O) groups is 2. The van der Waals surface area contributed by atoms with Crippen molar-refractivity contribution in [3.05, 3.63) is 17.5 Å². The maximum absolute atomic E-state index is 13.2. The van der Waals surface area contributed by atoms with Gasteiger partial charge in [-0.1, -0.05) is 13.8 Å². The number of nitrogens with zero attached hydrogens (tertiary/aromatic N) is 3. The third-order valence-electron chi connectivity index (χ3n) is 5.38. The number of fused-ring (bicyclic) bond motifs is 1. The van der Waals surface area contributed by atoms with E-state index in [1.54, 1.807) is 6.07 Å². The van der Waals surface area contributed by atoms with E-state index in [-0.39, 0.29) is 41.7 Å². The number of hydrogen-bond donors (Lipinski definition) is 2. The molecule has 0 aromatic carbocycles. The van der Waals surface area contributed by atoms with Crippen molar-refractivity contribution < 1.29 is 14.3 Å². The number of rotatable bonds is 4. The molecule has 148 valence electrons. The molecule has 3 N–H and O–H groups in total. The Hall–Kier alpha value is -2.22. The lowest BCUT2D eigenvalue weighted by Gasteiger charge is -2.45. The fraction of sp³-hybridized carbons (Fsp3) is 0.684. The predicted octanol–water partition coefficient (Wildman–Crippen LogP) is 1.33. The van der Waals surface area contributed by atoms with Gasteiger partial charge in [0.05, 0.1) is 18.8 Å². The fourth-order valence-electron chi connectivity index (χ4n) is 3.96. The Bertz CT molecular complexity index is 709. The first-order chi connectivity index (χ1) is 12.9. The van der Waals surface area contributed by atoms with Crippen molar-refractivity contribution in [3.63, 3.8) is 0 Å². The van der Waals surface area contributed by atoms with Crippen LogP contribution >= 0.6 is 0 Å². The van der Waals surface area contributed by atoms with Crippen molar-refractivity contribution in [1.82, 2.24) is 20.2 Å². The van der Waals surface area contributed by atoms with Crippen molar-refractivity contribution in [2.75, 3.05) is 25.4 Å². The number of nitrogens with one attached hydrogen (secondary N) is 1. The fourth-order valence-corrected chi connectivity index (χ4v) is 3.96. The SMILES string of the molecule is CCNC(=O)[C@H]1CC[C@H]2OCCN(C(=O)c3cc(C(C)C)nc(N)n3)[C@@H]2C1. The molecule has 1 aliphatic heterocycles. The normalized spacial score (nSPS) is 25.2. The van der Waals surface area contributed by atoms with Gasteiger partial charge in [-0.15, -0.1) is 0 Å². The van der Waals surface area contributed by atoms with Crippen molar-refractivity contribution in [1.29, 1.82) is 0 Å². The number of anilines is 1. The Morgan fingerprint density at radius 3 is 2.85 bits per heavy atom.